The Kier molecular flexibility index (Phi) is 5.93. The van der Waals surface area contributed by atoms with Crippen molar-refractivity contribution in [2.24, 2.45) is 0 Å². The van der Waals surface area contributed by atoms with Crippen LogP contribution in [0.3, 0.4) is 0 Å². The number of anilines is 1. The van der Waals surface area contributed by atoms with E-state index >= 15 is 0 Å². The minimum absolute atomic E-state index is 0.100. The zero-order valence-electron chi connectivity index (χ0n) is 15.3. The van der Waals surface area contributed by atoms with Crippen LogP contribution >= 0.6 is 0 Å². The summed E-state index contributed by atoms with van der Waals surface area (Å²) in [5, 5.41) is 2.78. The fraction of sp³-hybridized carbons (Fsp3) is 0.300. The number of benzene rings is 2. The van der Waals surface area contributed by atoms with E-state index in [-0.39, 0.29) is 11.8 Å². The monoisotopic (exact) mass is 369 g/mol. The second-order valence-electron chi connectivity index (χ2n) is 5.94. The molecule has 0 unspecified atom stereocenters. The molecule has 1 heterocycles. The summed E-state index contributed by atoms with van der Waals surface area (Å²) >= 11 is 0. The van der Waals surface area contributed by atoms with Gasteiger partial charge in [0.1, 0.15) is 0 Å². The maximum Gasteiger partial charge on any atom is 0.255 e. The van der Waals surface area contributed by atoms with Gasteiger partial charge in [-0.15, -0.1) is 0 Å². The van der Waals surface area contributed by atoms with Crippen LogP contribution in [0.25, 0.3) is 0 Å². The van der Waals surface area contributed by atoms with Crippen LogP contribution in [-0.2, 0) is 4.74 Å². The Hall–Kier alpha value is -3.06. The van der Waals surface area contributed by atoms with Crippen molar-refractivity contribution in [3.05, 3.63) is 53.6 Å². The zero-order valence-corrected chi connectivity index (χ0v) is 15.3. The van der Waals surface area contributed by atoms with Crippen molar-refractivity contribution in [3.8, 4) is 11.5 Å². The minimum Gasteiger partial charge on any atom is -0.493 e. The van der Waals surface area contributed by atoms with Gasteiger partial charge in [0.15, 0.2) is 11.5 Å². The number of rotatable bonds is 5. The van der Waals surface area contributed by atoms with Crippen molar-refractivity contribution in [1.29, 1.82) is 0 Å². The average Bonchev–Trinajstić information content (AvgIpc) is 2.73. The molecule has 1 radical (unpaired) electrons. The highest BCUT2D eigenvalue weighted by atomic mass is 16.5. The van der Waals surface area contributed by atoms with Crippen LogP contribution in [0.5, 0.6) is 11.5 Å². The molecule has 0 aliphatic carbocycles. The molecule has 2 amide bonds. The van der Waals surface area contributed by atoms with Crippen molar-refractivity contribution >= 4 is 17.5 Å². The van der Waals surface area contributed by atoms with E-state index in [4.69, 9.17) is 14.2 Å². The van der Waals surface area contributed by atoms with Crippen LogP contribution in [0.15, 0.2) is 36.4 Å². The van der Waals surface area contributed by atoms with Gasteiger partial charge in [-0.25, -0.2) is 0 Å². The molecule has 0 aromatic heterocycles. The summed E-state index contributed by atoms with van der Waals surface area (Å²) in [5.74, 6) is 0.588. The molecule has 141 valence electrons. The van der Waals surface area contributed by atoms with Gasteiger partial charge in [0.2, 0.25) is 0 Å². The minimum atomic E-state index is -0.319. The second kappa shape index (κ2) is 8.55. The molecule has 1 aliphatic heterocycles. The highest BCUT2D eigenvalue weighted by Gasteiger charge is 2.19. The highest BCUT2D eigenvalue weighted by Crippen LogP contribution is 2.28. The number of hydrogen-bond acceptors (Lipinski definition) is 5. The molecule has 1 saturated heterocycles. The molecule has 0 bridgehead atoms. The molecular weight excluding hydrogens is 348 g/mol. The SMILES string of the molecule is COc1ccc(C(=O)Nc2c[c]cc(C(=O)N3CCOCC3)c2)cc1OC. The summed E-state index contributed by atoms with van der Waals surface area (Å²) in [6.45, 7) is 2.18. The van der Waals surface area contributed by atoms with Gasteiger partial charge in [0, 0.05) is 29.9 Å². The molecule has 2 aromatic rings. The Balaban J connectivity index is 1.74. The number of carbonyl (C=O) groups is 2. The summed E-state index contributed by atoms with van der Waals surface area (Å²) in [7, 11) is 3.04. The number of carbonyl (C=O) groups excluding carboxylic acids is 2. The molecular formula is C20H21N2O5. The Morgan fingerprint density at radius 3 is 2.48 bits per heavy atom. The maximum atomic E-state index is 12.6. The van der Waals surface area contributed by atoms with E-state index < -0.39 is 0 Å². The van der Waals surface area contributed by atoms with Crippen LogP contribution in [-0.4, -0.2) is 57.2 Å². The molecule has 0 spiro atoms. The molecule has 3 rings (SSSR count). The molecule has 7 heteroatoms. The number of methoxy groups -OCH3 is 2. The van der Waals surface area contributed by atoms with E-state index in [1.54, 1.807) is 41.3 Å². The normalized spacial score (nSPS) is 13.8. The van der Waals surface area contributed by atoms with Crippen molar-refractivity contribution in [2.45, 2.75) is 0 Å². The van der Waals surface area contributed by atoms with E-state index in [2.05, 4.69) is 11.4 Å². The molecule has 1 aliphatic rings. The van der Waals surface area contributed by atoms with Crippen molar-refractivity contribution < 1.29 is 23.8 Å². The summed E-state index contributed by atoms with van der Waals surface area (Å²) in [5.41, 5.74) is 1.38. The molecule has 1 fully saturated rings. The number of nitrogens with one attached hydrogen (secondary N) is 1. The third-order valence-corrected chi connectivity index (χ3v) is 4.24. The van der Waals surface area contributed by atoms with Gasteiger partial charge < -0.3 is 24.4 Å². The van der Waals surface area contributed by atoms with Crippen LogP contribution in [0.4, 0.5) is 5.69 Å². The number of hydrogen-bond donors (Lipinski definition) is 1. The van der Waals surface area contributed by atoms with Crippen LogP contribution < -0.4 is 14.8 Å². The Labute approximate surface area is 157 Å². The Bertz CT molecular complexity index is 831. The number of morpholine rings is 1. The first-order valence-electron chi connectivity index (χ1n) is 8.54. The lowest BCUT2D eigenvalue weighted by molar-refractivity contribution is 0.0303. The van der Waals surface area contributed by atoms with Gasteiger partial charge >= 0.3 is 0 Å². The van der Waals surface area contributed by atoms with Crippen molar-refractivity contribution in [1.82, 2.24) is 4.90 Å². The van der Waals surface area contributed by atoms with E-state index in [0.29, 0.717) is 54.6 Å². The van der Waals surface area contributed by atoms with Gasteiger partial charge in [0.05, 0.1) is 27.4 Å². The lowest BCUT2D eigenvalue weighted by Crippen LogP contribution is -2.40. The summed E-state index contributed by atoms with van der Waals surface area (Å²) in [4.78, 5) is 26.8. The Morgan fingerprint density at radius 1 is 1.04 bits per heavy atom. The third kappa shape index (κ3) is 4.38. The zero-order chi connectivity index (χ0) is 19.2. The molecule has 1 N–H and O–H groups in total. The van der Waals surface area contributed by atoms with Crippen LogP contribution in [0, 0.1) is 6.07 Å². The number of nitrogens with zero attached hydrogens (tertiary/aromatic N) is 1. The molecule has 0 atom stereocenters. The van der Waals surface area contributed by atoms with E-state index in [0.717, 1.165) is 0 Å². The average molecular weight is 369 g/mol. The largest absolute Gasteiger partial charge is 0.493 e. The fourth-order valence-electron chi connectivity index (χ4n) is 2.80. The number of amides is 2. The smallest absolute Gasteiger partial charge is 0.255 e. The second-order valence-corrected chi connectivity index (χ2v) is 5.94. The lowest BCUT2D eigenvalue weighted by atomic mass is 10.1. The molecule has 7 nitrogen and oxygen atoms in total. The first-order chi connectivity index (χ1) is 13.1. The molecule has 0 saturated carbocycles. The topological polar surface area (TPSA) is 77.1 Å². The summed E-state index contributed by atoms with van der Waals surface area (Å²) in [6, 6.07) is 12.7. The standard InChI is InChI=1S/C20H21N2O5/c1-25-17-7-6-14(13-18(17)26-2)19(23)21-16-5-3-4-15(12-16)20(24)22-8-10-27-11-9-22/h4-7,12-13H,8-11H2,1-2H3,(H,21,23). The van der Waals surface area contributed by atoms with Crippen molar-refractivity contribution in [3.63, 3.8) is 0 Å². The van der Waals surface area contributed by atoms with E-state index in [9.17, 15) is 9.59 Å². The molecule has 27 heavy (non-hydrogen) atoms. The third-order valence-electron chi connectivity index (χ3n) is 4.24. The van der Waals surface area contributed by atoms with Gasteiger partial charge in [-0.2, -0.15) is 0 Å². The summed E-state index contributed by atoms with van der Waals surface area (Å²) < 4.78 is 15.7. The number of ether oxygens (including phenoxy) is 3. The van der Waals surface area contributed by atoms with Gasteiger partial charge in [-0.3, -0.25) is 9.59 Å². The molecule has 2 aromatic carbocycles. The predicted molar refractivity (Wildman–Crippen MR) is 99.5 cm³/mol. The lowest BCUT2D eigenvalue weighted by Gasteiger charge is -2.27. The van der Waals surface area contributed by atoms with E-state index in [1.807, 2.05) is 0 Å². The van der Waals surface area contributed by atoms with Crippen molar-refractivity contribution in [2.75, 3.05) is 45.8 Å². The first-order valence-corrected chi connectivity index (χ1v) is 8.54. The predicted octanol–water partition coefficient (Wildman–Crippen LogP) is 2.23. The van der Waals surface area contributed by atoms with E-state index in [1.165, 1.54) is 14.2 Å². The van der Waals surface area contributed by atoms with Gasteiger partial charge in [-0.1, -0.05) is 0 Å². The van der Waals surface area contributed by atoms with Crippen LogP contribution in [0.1, 0.15) is 20.7 Å². The van der Waals surface area contributed by atoms with Crippen LogP contribution in [0.2, 0.25) is 0 Å². The van der Waals surface area contributed by atoms with Gasteiger partial charge in [0.25, 0.3) is 11.8 Å². The first kappa shape index (κ1) is 18.7. The highest BCUT2D eigenvalue weighted by molar-refractivity contribution is 6.05. The Morgan fingerprint density at radius 2 is 1.78 bits per heavy atom. The van der Waals surface area contributed by atoms with Gasteiger partial charge in [-0.05, 0) is 42.5 Å². The summed E-state index contributed by atoms with van der Waals surface area (Å²) in [6.07, 6.45) is 0. The quantitative estimate of drug-likeness (QED) is 0.875. The maximum absolute atomic E-state index is 12.6. The fourth-order valence-corrected chi connectivity index (χ4v) is 2.80.